The highest BCUT2D eigenvalue weighted by molar-refractivity contribution is 5.80. The van der Waals surface area contributed by atoms with Crippen LogP contribution in [-0.4, -0.2) is 0 Å². The fourth-order valence-corrected chi connectivity index (χ4v) is 3.66. The maximum absolute atomic E-state index is 3.08. The summed E-state index contributed by atoms with van der Waals surface area (Å²) < 4.78 is 0. The number of hydrogen-bond donors (Lipinski definition) is 0. The Kier molecular flexibility index (Phi) is 3.96. The standard InChI is InChI=1S/C23H27/c1-17(15-18-9-7-6-8-10-18)19-11-12-20-21(16-19)23(4,5)14-13-22(20,2)3/h7-12,15-16H,13-14H2,1-5H3. The van der Waals surface area contributed by atoms with E-state index in [9.17, 15) is 0 Å². The zero-order chi connectivity index (χ0) is 16.7. The van der Waals surface area contributed by atoms with Gasteiger partial charge in [-0.2, -0.15) is 0 Å². The minimum absolute atomic E-state index is 0.267. The summed E-state index contributed by atoms with van der Waals surface area (Å²) >= 11 is 0. The Morgan fingerprint density at radius 1 is 0.913 bits per heavy atom. The van der Waals surface area contributed by atoms with Gasteiger partial charge in [-0.1, -0.05) is 76.2 Å². The van der Waals surface area contributed by atoms with Crippen LogP contribution < -0.4 is 0 Å². The van der Waals surface area contributed by atoms with Crippen LogP contribution in [-0.2, 0) is 10.8 Å². The zero-order valence-corrected chi connectivity index (χ0v) is 15.0. The molecule has 1 aliphatic carbocycles. The second kappa shape index (κ2) is 5.67. The monoisotopic (exact) mass is 303 g/mol. The summed E-state index contributed by atoms with van der Waals surface area (Å²) in [5.41, 5.74) is 7.50. The van der Waals surface area contributed by atoms with Crippen LogP contribution in [0.4, 0.5) is 0 Å². The largest absolute Gasteiger partial charge is 0.0576 e. The van der Waals surface area contributed by atoms with Crippen LogP contribution in [0, 0.1) is 6.07 Å². The summed E-state index contributed by atoms with van der Waals surface area (Å²) in [5.74, 6) is 0. The second-order valence-electron chi connectivity index (χ2n) is 8.19. The normalized spacial score (nSPS) is 19.3. The van der Waals surface area contributed by atoms with E-state index in [0.29, 0.717) is 0 Å². The van der Waals surface area contributed by atoms with Crippen LogP contribution >= 0.6 is 0 Å². The number of hydrogen-bond acceptors (Lipinski definition) is 0. The lowest BCUT2D eigenvalue weighted by atomic mass is 9.63. The quantitative estimate of drug-likeness (QED) is 0.563. The smallest absolute Gasteiger partial charge is 0.0100 e. The van der Waals surface area contributed by atoms with Crippen molar-refractivity contribution in [1.82, 2.24) is 0 Å². The van der Waals surface area contributed by atoms with Crippen LogP contribution in [0.25, 0.3) is 11.6 Å². The summed E-state index contributed by atoms with van der Waals surface area (Å²) in [4.78, 5) is 0. The van der Waals surface area contributed by atoms with Gasteiger partial charge in [-0.15, -0.1) is 0 Å². The molecule has 0 atom stereocenters. The van der Waals surface area contributed by atoms with Gasteiger partial charge in [0, 0.05) is 0 Å². The van der Waals surface area contributed by atoms with E-state index in [-0.39, 0.29) is 10.8 Å². The van der Waals surface area contributed by atoms with Gasteiger partial charge in [-0.05, 0) is 64.5 Å². The van der Waals surface area contributed by atoms with E-state index in [2.05, 4.69) is 77.1 Å². The molecule has 3 rings (SSSR count). The van der Waals surface area contributed by atoms with Gasteiger partial charge >= 0.3 is 0 Å². The number of fused-ring (bicyclic) bond motifs is 1. The molecule has 0 nitrogen and oxygen atoms in total. The van der Waals surface area contributed by atoms with Crippen molar-refractivity contribution in [2.75, 3.05) is 0 Å². The molecule has 0 heterocycles. The van der Waals surface area contributed by atoms with Crippen molar-refractivity contribution in [3.05, 3.63) is 70.8 Å². The molecule has 0 amide bonds. The molecule has 2 aromatic carbocycles. The van der Waals surface area contributed by atoms with Gasteiger partial charge in [0.05, 0.1) is 0 Å². The molecule has 0 unspecified atom stereocenters. The first-order valence-electron chi connectivity index (χ1n) is 8.59. The minimum Gasteiger partial charge on any atom is -0.0576 e. The molecule has 0 fully saturated rings. The predicted octanol–water partition coefficient (Wildman–Crippen LogP) is 6.40. The fourth-order valence-electron chi connectivity index (χ4n) is 3.66. The van der Waals surface area contributed by atoms with Crippen molar-refractivity contribution in [1.29, 1.82) is 0 Å². The van der Waals surface area contributed by atoms with Gasteiger partial charge in [0.2, 0.25) is 0 Å². The van der Waals surface area contributed by atoms with Gasteiger partial charge in [0.1, 0.15) is 0 Å². The molecule has 2 aromatic rings. The van der Waals surface area contributed by atoms with Gasteiger partial charge in [0.25, 0.3) is 0 Å². The molecule has 0 aliphatic heterocycles. The third-order valence-corrected chi connectivity index (χ3v) is 5.44. The lowest BCUT2D eigenvalue weighted by molar-refractivity contribution is 0.332. The number of rotatable bonds is 2. The second-order valence-corrected chi connectivity index (χ2v) is 8.19. The zero-order valence-electron chi connectivity index (χ0n) is 15.0. The Bertz CT molecular complexity index is 730. The minimum atomic E-state index is 0.267. The highest BCUT2D eigenvalue weighted by atomic mass is 14.4. The van der Waals surface area contributed by atoms with Gasteiger partial charge in [0.15, 0.2) is 0 Å². The molecular formula is C23H27. The van der Waals surface area contributed by atoms with E-state index in [0.717, 1.165) is 0 Å². The predicted molar refractivity (Wildman–Crippen MR) is 101 cm³/mol. The van der Waals surface area contributed by atoms with E-state index >= 15 is 0 Å². The molecule has 0 bridgehead atoms. The summed E-state index contributed by atoms with van der Waals surface area (Å²) in [5, 5.41) is 0. The fraction of sp³-hybridized carbons (Fsp3) is 0.391. The first-order valence-corrected chi connectivity index (χ1v) is 8.59. The maximum atomic E-state index is 3.08. The van der Waals surface area contributed by atoms with E-state index in [1.54, 1.807) is 0 Å². The summed E-state index contributed by atoms with van der Waals surface area (Å²) in [6.07, 6.45) is 4.78. The molecule has 1 radical (unpaired) electrons. The molecule has 0 heteroatoms. The van der Waals surface area contributed by atoms with E-state index < -0.39 is 0 Å². The third kappa shape index (κ3) is 3.13. The van der Waals surface area contributed by atoms with Gasteiger partial charge in [-0.25, -0.2) is 0 Å². The molecule has 0 saturated carbocycles. The average Bonchev–Trinajstić information content (AvgIpc) is 2.52. The summed E-state index contributed by atoms with van der Waals surface area (Å²) in [7, 11) is 0. The Hall–Kier alpha value is -1.82. The Morgan fingerprint density at radius 2 is 1.52 bits per heavy atom. The van der Waals surface area contributed by atoms with Gasteiger partial charge < -0.3 is 0 Å². The Labute approximate surface area is 141 Å². The van der Waals surface area contributed by atoms with Crippen molar-refractivity contribution >= 4 is 11.6 Å². The molecule has 23 heavy (non-hydrogen) atoms. The third-order valence-electron chi connectivity index (χ3n) is 5.44. The summed E-state index contributed by atoms with van der Waals surface area (Å²) in [6, 6.07) is 18.3. The average molecular weight is 303 g/mol. The van der Waals surface area contributed by atoms with Crippen molar-refractivity contribution in [3.63, 3.8) is 0 Å². The lowest BCUT2D eigenvalue weighted by Gasteiger charge is -2.42. The Morgan fingerprint density at radius 3 is 2.17 bits per heavy atom. The SMILES string of the molecule is CC(=Cc1cc[c]cc1)c1ccc2c(c1)C(C)(C)CCC2(C)C. The van der Waals surface area contributed by atoms with Crippen LogP contribution in [0.5, 0.6) is 0 Å². The van der Waals surface area contributed by atoms with Crippen molar-refractivity contribution in [3.8, 4) is 0 Å². The van der Waals surface area contributed by atoms with E-state index in [1.165, 1.54) is 40.7 Å². The number of allylic oxidation sites excluding steroid dienone is 1. The van der Waals surface area contributed by atoms with Crippen LogP contribution in [0.15, 0.2) is 42.5 Å². The molecule has 0 aromatic heterocycles. The molecule has 1 aliphatic rings. The summed E-state index contributed by atoms with van der Waals surface area (Å²) in [6.45, 7) is 11.7. The highest BCUT2D eigenvalue weighted by Gasteiger charge is 2.36. The molecule has 119 valence electrons. The first-order chi connectivity index (χ1) is 10.8. The maximum Gasteiger partial charge on any atom is -0.0100 e. The van der Waals surface area contributed by atoms with Crippen molar-refractivity contribution < 1.29 is 0 Å². The molecular weight excluding hydrogens is 276 g/mol. The van der Waals surface area contributed by atoms with Crippen LogP contribution in [0.1, 0.15) is 69.7 Å². The highest BCUT2D eigenvalue weighted by Crippen LogP contribution is 2.46. The van der Waals surface area contributed by atoms with E-state index in [1.807, 2.05) is 12.1 Å². The van der Waals surface area contributed by atoms with Gasteiger partial charge in [-0.3, -0.25) is 0 Å². The molecule has 0 saturated heterocycles. The van der Waals surface area contributed by atoms with Crippen molar-refractivity contribution in [2.45, 2.75) is 58.3 Å². The Balaban J connectivity index is 2.05. The van der Waals surface area contributed by atoms with Crippen molar-refractivity contribution in [2.24, 2.45) is 0 Å². The topological polar surface area (TPSA) is 0 Å². The molecule has 0 spiro atoms. The van der Waals surface area contributed by atoms with Crippen LogP contribution in [0.3, 0.4) is 0 Å². The van der Waals surface area contributed by atoms with E-state index in [4.69, 9.17) is 0 Å². The number of benzene rings is 2. The lowest BCUT2D eigenvalue weighted by Crippen LogP contribution is -2.33. The molecule has 0 N–H and O–H groups in total. The van der Waals surface area contributed by atoms with Crippen LogP contribution in [0.2, 0.25) is 0 Å². The first kappa shape index (κ1) is 16.1.